The van der Waals surface area contributed by atoms with Gasteiger partial charge in [-0.3, -0.25) is 4.79 Å². The maximum Gasteiger partial charge on any atom is 0.215 e. The molecule has 1 saturated heterocycles. The van der Waals surface area contributed by atoms with Gasteiger partial charge in [-0.2, -0.15) is 0 Å². The van der Waals surface area contributed by atoms with Crippen molar-refractivity contribution in [3.63, 3.8) is 0 Å². The molecule has 1 aliphatic heterocycles. The summed E-state index contributed by atoms with van der Waals surface area (Å²) in [5.41, 5.74) is 0. The van der Waals surface area contributed by atoms with E-state index in [1.54, 1.807) is 0 Å². The van der Waals surface area contributed by atoms with Gasteiger partial charge in [-0.15, -0.1) is 0 Å². The van der Waals surface area contributed by atoms with Gasteiger partial charge in [0.1, 0.15) is 7.85 Å². The number of carbonyl (C=O) groups is 1. The van der Waals surface area contributed by atoms with Gasteiger partial charge in [-0.25, -0.2) is 0 Å². The van der Waals surface area contributed by atoms with E-state index in [-0.39, 0.29) is 11.7 Å². The van der Waals surface area contributed by atoms with Gasteiger partial charge in [0.2, 0.25) is 5.91 Å². The Kier molecular flexibility index (Phi) is 1.05. The third-order valence-electron chi connectivity index (χ3n) is 1.32. The summed E-state index contributed by atoms with van der Waals surface area (Å²) in [5.74, 6) is 0.472. The topological polar surface area (TPSA) is 29.1 Å². The minimum absolute atomic E-state index is 0.208. The van der Waals surface area contributed by atoms with Crippen LogP contribution < -0.4 is 5.32 Å². The standard InChI is InChI=1S/C4H8BNO/c5-3-1-2-6-4(3)7/h3H,1-2,5H2,(H,6,7). The van der Waals surface area contributed by atoms with E-state index in [0.29, 0.717) is 0 Å². The van der Waals surface area contributed by atoms with E-state index in [4.69, 9.17) is 0 Å². The number of hydrogen-bond acceptors (Lipinski definition) is 1. The van der Waals surface area contributed by atoms with E-state index in [0.717, 1.165) is 13.0 Å². The summed E-state index contributed by atoms with van der Waals surface area (Å²) < 4.78 is 0. The van der Waals surface area contributed by atoms with Crippen molar-refractivity contribution in [1.82, 2.24) is 5.32 Å². The number of hydrogen-bond donors (Lipinski definition) is 1. The molecule has 0 spiro atoms. The van der Waals surface area contributed by atoms with E-state index in [1.165, 1.54) is 0 Å². The molecule has 1 fully saturated rings. The van der Waals surface area contributed by atoms with E-state index >= 15 is 0 Å². The molecule has 38 valence electrons. The molecule has 1 heterocycles. The number of rotatable bonds is 0. The first-order valence-electron chi connectivity index (χ1n) is 2.58. The van der Waals surface area contributed by atoms with E-state index in [2.05, 4.69) is 5.32 Å². The Hall–Kier alpha value is -0.465. The van der Waals surface area contributed by atoms with Crippen molar-refractivity contribution in [2.24, 2.45) is 0 Å². The first kappa shape index (κ1) is 4.69. The monoisotopic (exact) mass is 97.1 g/mol. The Morgan fingerprint density at radius 3 is 2.71 bits per heavy atom. The highest BCUT2D eigenvalue weighted by Gasteiger charge is 2.17. The van der Waals surface area contributed by atoms with Crippen molar-refractivity contribution in [2.45, 2.75) is 12.2 Å². The largest absolute Gasteiger partial charge is 0.356 e. The Labute approximate surface area is 43.7 Å². The van der Waals surface area contributed by atoms with Crippen molar-refractivity contribution >= 4 is 13.8 Å². The lowest BCUT2D eigenvalue weighted by molar-refractivity contribution is -0.119. The fourth-order valence-corrected chi connectivity index (χ4v) is 0.717. The molecule has 1 rings (SSSR count). The quantitative estimate of drug-likeness (QED) is 0.383. The maximum atomic E-state index is 10.5. The molecule has 1 atom stereocenters. The Balaban J connectivity index is 2.48. The van der Waals surface area contributed by atoms with Crippen molar-refractivity contribution in [3.05, 3.63) is 0 Å². The number of amides is 1. The van der Waals surface area contributed by atoms with Gasteiger partial charge in [-0.05, 0) is 6.42 Å². The lowest BCUT2D eigenvalue weighted by Crippen LogP contribution is -2.15. The van der Waals surface area contributed by atoms with E-state index < -0.39 is 0 Å². The molecule has 0 aromatic rings. The van der Waals surface area contributed by atoms with Crippen LogP contribution in [0.2, 0.25) is 5.82 Å². The summed E-state index contributed by atoms with van der Waals surface area (Å²) in [6.45, 7) is 0.875. The maximum absolute atomic E-state index is 10.5. The van der Waals surface area contributed by atoms with Crippen LogP contribution in [-0.2, 0) is 4.79 Å². The van der Waals surface area contributed by atoms with Crippen LogP contribution in [0.25, 0.3) is 0 Å². The molecule has 7 heavy (non-hydrogen) atoms. The van der Waals surface area contributed by atoms with Crippen LogP contribution in [-0.4, -0.2) is 20.3 Å². The Morgan fingerprint density at radius 1 is 1.86 bits per heavy atom. The second kappa shape index (κ2) is 1.56. The van der Waals surface area contributed by atoms with Crippen LogP contribution in [0.5, 0.6) is 0 Å². The molecule has 0 aliphatic carbocycles. The third-order valence-corrected chi connectivity index (χ3v) is 1.32. The normalized spacial score (nSPS) is 30.3. The van der Waals surface area contributed by atoms with E-state index in [9.17, 15) is 4.79 Å². The SMILES string of the molecule is BC1CCNC1=O. The molecule has 3 heteroatoms. The highest BCUT2D eigenvalue weighted by atomic mass is 16.2. The molecule has 0 aromatic heterocycles. The second-order valence-corrected chi connectivity index (χ2v) is 1.98. The summed E-state index contributed by atoms with van der Waals surface area (Å²) >= 11 is 0. The average Bonchev–Trinajstić information content (AvgIpc) is 1.91. The van der Waals surface area contributed by atoms with Crippen LogP contribution >= 0.6 is 0 Å². The molecule has 0 radical (unpaired) electrons. The minimum Gasteiger partial charge on any atom is -0.356 e. The van der Waals surface area contributed by atoms with Crippen molar-refractivity contribution in [3.8, 4) is 0 Å². The molecule has 1 aliphatic rings. The fourth-order valence-electron chi connectivity index (χ4n) is 0.717. The predicted octanol–water partition coefficient (Wildman–Crippen LogP) is -1.07. The van der Waals surface area contributed by atoms with Gasteiger partial charge < -0.3 is 5.32 Å². The minimum atomic E-state index is 0.208. The van der Waals surface area contributed by atoms with Crippen LogP contribution in [0, 0.1) is 0 Å². The highest BCUT2D eigenvalue weighted by Crippen LogP contribution is 2.09. The van der Waals surface area contributed by atoms with Crippen LogP contribution in [0.1, 0.15) is 6.42 Å². The van der Waals surface area contributed by atoms with Gasteiger partial charge in [0, 0.05) is 12.4 Å². The fraction of sp³-hybridized carbons (Fsp3) is 0.750. The molecular formula is C4H8BNO. The van der Waals surface area contributed by atoms with Gasteiger partial charge in [-0.1, -0.05) is 0 Å². The van der Waals surface area contributed by atoms with Gasteiger partial charge in [0.15, 0.2) is 0 Å². The molecule has 0 aromatic carbocycles. The summed E-state index contributed by atoms with van der Waals surface area (Å²) in [7, 11) is 1.95. The van der Waals surface area contributed by atoms with Crippen LogP contribution in [0.3, 0.4) is 0 Å². The van der Waals surface area contributed by atoms with Crippen molar-refractivity contribution < 1.29 is 4.79 Å². The zero-order valence-electron chi connectivity index (χ0n) is 4.40. The number of nitrogens with one attached hydrogen (secondary N) is 1. The summed E-state index contributed by atoms with van der Waals surface area (Å²) in [4.78, 5) is 10.5. The first-order chi connectivity index (χ1) is 3.30. The van der Waals surface area contributed by atoms with E-state index in [1.807, 2.05) is 7.85 Å². The molecule has 0 bridgehead atoms. The van der Waals surface area contributed by atoms with Crippen molar-refractivity contribution in [2.75, 3.05) is 6.54 Å². The molecule has 1 unspecified atom stereocenters. The zero-order valence-corrected chi connectivity index (χ0v) is 4.40. The average molecular weight is 96.9 g/mol. The smallest absolute Gasteiger partial charge is 0.215 e. The first-order valence-corrected chi connectivity index (χ1v) is 2.58. The lowest BCUT2D eigenvalue weighted by Gasteiger charge is -1.89. The lowest BCUT2D eigenvalue weighted by atomic mass is 9.86. The Bertz CT molecular complexity index is 93.7. The molecular weight excluding hydrogens is 88.9 g/mol. The van der Waals surface area contributed by atoms with Gasteiger partial charge in [0.25, 0.3) is 0 Å². The second-order valence-electron chi connectivity index (χ2n) is 1.98. The summed E-state index contributed by atoms with van der Waals surface area (Å²) in [5, 5.41) is 2.73. The summed E-state index contributed by atoms with van der Waals surface area (Å²) in [6, 6.07) is 0. The molecule has 2 nitrogen and oxygen atoms in total. The van der Waals surface area contributed by atoms with Gasteiger partial charge >= 0.3 is 0 Å². The summed E-state index contributed by atoms with van der Waals surface area (Å²) in [6.07, 6.45) is 1.01. The molecule has 1 amide bonds. The molecule has 1 N–H and O–H groups in total. The Morgan fingerprint density at radius 2 is 2.57 bits per heavy atom. The van der Waals surface area contributed by atoms with Crippen LogP contribution in [0.4, 0.5) is 0 Å². The third kappa shape index (κ3) is 0.761. The van der Waals surface area contributed by atoms with Gasteiger partial charge in [0.05, 0.1) is 0 Å². The number of carbonyl (C=O) groups excluding carboxylic acids is 1. The van der Waals surface area contributed by atoms with Crippen molar-refractivity contribution in [1.29, 1.82) is 0 Å². The van der Waals surface area contributed by atoms with Crippen LogP contribution in [0.15, 0.2) is 0 Å². The predicted molar refractivity (Wildman–Crippen MR) is 29.9 cm³/mol. The molecule has 0 saturated carbocycles. The highest BCUT2D eigenvalue weighted by molar-refractivity contribution is 6.24. The zero-order chi connectivity index (χ0) is 5.28.